The second kappa shape index (κ2) is 7.44. The van der Waals surface area contributed by atoms with Gasteiger partial charge < -0.3 is 4.90 Å². The van der Waals surface area contributed by atoms with E-state index in [9.17, 15) is 13.2 Å². The van der Waals surface area contributed by atoms with Gasteiger partial charge in [-0.3, -0.25) is 9.78 Å². The normalized spacial score (nSPS) is 20.2. The first-order valence-corrected chi connectivity index (χ1v) is 11.9. The first kappa shape index (κ1) is 19.3. The summed E-state index contributed by atoms with van der Waals surface area (Å²) in [6, 6.07) is 5.87. The maximum Gasteiger partial charge on any atom is 0.254 e. The molecule has 0 bridgehead atoms. The number of benzene rings is 1. The van der Waals surface area contributed by atoms with Crippen LogP contribution >= 0.6 is 0 Å². The Morgan fingerprint density at radius 1 is 1.21 bits per heavy atom. The van der Waals surface area contributed by atoms with E-state index in [0.717, 1.165) is 71.8 Å². The number of carbonyl (C=O) groups excluding carboxylic acids is 1. The second-order valence-corrected chi connectivity index (χ2v) is 9.90. The molecule has 0 saturated carbocycles. The number of fused-ring (bicyclic) bond motifs is 2. The maximum atomic E-state index is 13.6. The van der Waals surface area contributed by atoms with E-state index in [-0.39, 0.29) is 11.9 Å². The number of pyridine rings is 1. The van der Waals surface area contributed by atoms with Gasteiger partial charge in [0.25, 0.3) is 5.91 Å². The number of rotatable bonds is 3. The highest BCUT2D eigenvalue weighted by Crippen LogP contribution is 2.31. The molecule has 7 heteroatoms. The van der Waals surface area contributed by atoms with Gasteiger partial charge in [-0.2, -0.15) is 0 Å². The molecule has 0 radical (unpaired) electrons. The number of amides is 1. The van der Waals surface area contributed by atoms with Gasteiger partial charge in [0.05, 0.1) is 17.3 Å². The molecule has 1 aromatic heterocycles. The van der Waals surface area contributed by atoms with E-state index in [1.54, 1.807) is 0 Å². The molecule has 1 unspecified atom stereocenters. The van der Waals surface area contributed by atoms with Crippen molar-refractivity contribution in [3.63, 3.8) is 0 Å². The molecule has 150 valence electrons. The SMILES string of the molecule is Cc1ccc2nc3c(c(C(=O)N4CCCC(NS(C)(=O)=O)C4)c2c1)CCCC3. The van der Waals surface area contributed by atoms with Crippen LogP contribution in [0.1, 0.15) is 52.9 Å². The van der Waals surface area contributed by atoms with Gasteiger partial charge >= 0.3 is 0 Å². The van der Waals surface area contributed by atoms with Gasteiger partial charge in [0.15, 0.2) is 0 Å². The van der Waals surface area contributed by atoms with Gasteiger partial charge in [0, 0.05) is 30.2 Å². The number of likely N-dealkylation sites (tertiary alicyclic amines) is 1. The molecule has 1 aliphatic heterocycles. The van der Waals surface area contributed by atoms with E-state index in [1.807, 2.05) is 24.0 Å². The molecule has 1 aliphatic carbocycles. The van der Waals surface area contributed by atoms with Crippen LogP contribution in [0.5, 0.6) is 0 Å². The standard InChI is InChI=1S/C21H27N3O3S/c1-14-9-10-19-17(12-14)20(16-7-3-4-8-18(16)22-19)21(25)24-11-5-6-15(13-24)23-28(2,26)27/h9-10,12,15,23H,3-8,11,13H2,1-2H3. The molecule has 2 aromatic rings. The summed E-state index contributed by atoms with van der Waals surface area (Å²) in [5.74, 6) is 0.0103. The molecule has 1 saturated heterocycles. The maximum absolute atomic E-state index is 13.6. The molecule has 2 heterocycles. The number of nitrogens with one attached hydrogen (secondary N) is 1. The van der Waals surface area contributed by atoms with Crippen LogP contribution in [-0.2, 0) is 22.9 Å². The average Bonchev–Trinajstić information content (AvgIpc) is 2.64. The number of sulfonamides is 1. The van der Waals surface area contributed by atoms with Crippen molar-refractivity contribution in [3.05, 3.63) is 40.6 Å². The van der Waals surface area contributed by atoms with Crippen molar-refractivity contribution in [3.8, 4) is 0 Å². The average molecular weight is 402 g/mol. The first-order valence-electron chi connectivity index (χ1n) is 10.0. The van der Waals surface area contributed by atoms with Crippen molar-refractivity contribution in [1.82, 2.24) is 14.6 Å². The van der Waals surface area contributed by atoms with Crippen molar-refractivity contribution in [1.29, 1.82) is 0 Å². The highest BCUT2D eigenvalue weighted by molar-refractivity contribution is 7.88. The fourth-order valence-electron chi connectivity index (χ4n) is 4.50. The number of nitrogens with zero attached hydrogens (tertiary/aromatic N) is 2. The lowest BCUT2D eigenvalue weighted by atomic mass is 9.88. The summed E-state index contributed by atoms with van der Waals surface area (Å²) in [4.78, 5) is 20.3. The van der Waals surface area contributed by atoms with E-state index >= 15 is 0 Å². The van der Waals surface area contributed by atoms with Crippen LogP contribution in [0, 0.1) is 6.92 Å². The second-order valence-electron chi connectivity index (χ2n) is 8.12. The Hall–Kier alpha value is -1.99. The van der Waals surface area contributed by atoms with Gasteiger partial charge in [0.1, 0.15) is 0 Å². The van der Waals surface area contributed by atoms with Crippen LogP contribution in [0.3, 0.4) is 0 Å². The van der Waals surface area contributed by atoms with Crippen molar-refractivity contribution < 1.29 is 13.2 Å². The van der Waals surface area contributed by atoms with E-state index in [0.29, 0.717) is 13.1 Å². The zero-order chi connectivity index (χ0) is 19.9. The Bertz CT molecular complexity index is 1030. The molecule has 6 nitrogen and oxygen atoms in total. The molecule has 28 heavy (non-hydrogen) atoms. The van der Waals surface area contributed by atoms with E-state index in [1.165, 1.54) is 6.26 Å². The van der Waals surface area contributed by atoms with E-state index < -0.39 is 10.0 Å². The third kappa shape index (κ3) is 3.91. The Labute approximate surface area is 166 Å². The Morgan fingerprint density at radius 2 is 2.00 bits per heavy atom. The van der Waals surface area contributed by atoms with Crippen molar-refractivity contribution >= 4 is 26.8 Å². The monoisotopic (exact) mass is 401 g/mol. The smallest absolute Gasteiger partial charge is 0.254 e. The summed E-state index contributed by atoms with van der Waals surface area (Å²) < 4.78 is 25.9. The number of carbonyl (C=O) groups is 1. The van der Waals surface area contributed by atoms with E-state index in [4.69, 9.17) is 4.98 Å². The van der Waals surface area contributed by atoms with Crippen molar-refractivity contribution in [2.75, 3.05) is 19.3 Å². The Morgan fingerprint density at radius 3 is 2.79 bits per heavy atom. The largest absolute Gasteiger partial charge is 0.337 e. The summed E-state index contributed by atoms with van der Waals surface area (Å²) in [6.45, 7) is 3.10. The molecule has 1 atom stereocenters. The lowest BCUT2D eigenvalue weighted by Gasteiger charge is -2.34. The van der Waals surface area contributed by atoms with E-state index in [2.05, 4.69) is 10.8 Å². The molecule has 0 spiro atoms. The quantitative estimate of drug-likeness (QED) is 0.857. The zero-order valence-electron chi connectivity index (χ0n) is 16.5. The predicted molar refractivity (Wildman–Crippen MR) is 110 cm³/mol. The summed E-state index contributed by atoms with van der Waals surface area (Å²) in [5.41, 5.74) is 4.90. The van der Waals surface area contributed by atoms with Crippen LogP contribution < -0.4 is 4.72 Å². The number of aromatic nitrogens is 1. The molecule has 1 aromatic carbocycles. The minimum atomic E-state index is -3.29. The highest BCUT2D eigenvalue weighted by Gasteiger charge is 2.30. The molecule has 1 fully saturated rings. The summed E-state index contributed by atoms with van der Waals surface area (Å²) in [7, 11) is -3.29. The van der Waals surface area contributed by atoms with Gasteiger partial charge in [0.2, 0.25) is 10.0 Å². The molecule has 2 aliphatic rings. The molecule has 4 rings (SSSR count). The number of hydrogen-bond acceptors (Lipinski definition) is 4. The number of aryl methyl sites for hydroxylation is 2. The third-order valence-corrected chi connectivity index (χ3v) is 6.48. The fraction of sp³-hybridized carbons (Fsp3) is 0.524. The predicted octanol–water partition coefficient (Wildman–Crippen LogP) is 2.58. The van der Waals surface area contributed by atoms with Crippen LogP contribution in [-0.4, -0.2) is 49.6 Å². The van der Waals surface area contributed by atoms with Crippen LogP contribution in [0.15, 0.2) is 18.2 Å². The fourth-order valence-corrected chi connectivity index (χ4v) is 5.30. The van der Waals surface area contributed by atoms with Crippen LogP contribution in [0.2, 0.25) is 0 Å². The Kier molecular flexibility index (Phi) is 5.14. The molecule has 1 amide bonds. The van der Waals surface area contributed by atoms with Crippen LogP contribution in [0.4, 0.5) is 0 Å². The minimum Gasteiger partial charge on any atom is -0.337 e. The molecular formula is C21H27N3O3S. The van der Waals surface area contributed by atoms with Crippen LogP contribution in [0.25, 0.3) is 10.9 Å². The summed E-state index contributed by atoms with van der Waals surface area (Å²) >= 11 is 0. The lowest BCUT2D eigenvalue weighted by Crippen LogP contribution is -2.49. The van der Waals surface area contributed by atoms with Crippen molar-refractivity contribution in [2.24, 2.45) is 0 Å². The highest BCUT2D eigenvalue weighted by atomic mass is 32.2. The van der Waals surface area contributed by atoms with Gasteiger partial charge in [-0.15, -0.1) is 0 Å². The summed E-state index contributed by atoms with van der Waals surface area (Å²) in [5, 5.41) is 0.920. The van der Waals surface area contributed by atoms with Gasteiger partial charge in [-0.25, -0.2) is 13.1 Å². The minimum absolute atomic E-state index is 0.0103. The lowest BCUT2D eigenvalue weighted by molar-refractivity contribution is 0.0703. The van der Waals surface area contributed by atoms with Gasteiger partial charge in [-0.1, -0.05) is 11.6 Å². The first-order chi connectivity index (χ1) is 13.3. The summed E-state index contributed by atoms with van der Waals surface area (Å²) in [6.07, 6.45) is 6.70. The topological polar surface area (TPSA) is 79.4 Å². The zero-order valence-corrected chi connectivity index (χ0v) is 17.3. The van der Waals surface area contributed by atoms with Gasteiger partial charge in [-0.05, 0) is 63.1 Å². The van der Waals surface area contributed by atoms with Crippen molar-refractivity contribution in [2.45, 2.75) is 51.5 Å². The number of hydrogen-bond donors (Lipinski definition) is 1. The Balaban J connectivity index is 1.75. The third-order valence-electron chi connectivity index (χ3n) is 5.72. The molecule has 1 N–H and O–H groups in total. The number of piperidine rings is 1. The molecular weight excluding hydrogens is 374 g/mol.